The Balaban J connectivity index is 0.00000471. The van der Waals surface area contributed by atoms with Crippen molar-refractivity contribution >= 4 is 64.9 Å². The average molecular weight is 998 g/mol. The fourth-order valence-corrected chi connectivity index (χ4v) is 9.62. The molecule has 6 heteroatoms. The third-order valence-electron chi connectivity index (χ3n) is 12.9. The molecule has 0 aliphatic carbocycles. The van der Waals surface area contributed by atoms with Gasteiger partial charge in [0.05, 0.1) is 11.4 Å². The minimum absolute atomic E-state index is 0. The molecule has 0 unspecified atom stereocenters. The van der Waals surface area contributed by atoms with E-state index in [0.29, 0.717) is 55.5 Å². The first kappa shape index (κ1) is 40.5. The molecule has 1 aliphatic heterocycles. The summed E-state index contributed by atoms with van der Waals surface area (Å²) < 4.78 is 6.93. The van der Waals surface area contributed by atoms with Gasteiger partial charge >= 0.3 is 21.1 Å². The Bertz CT molecular complexity index is 3450. The summed E-state index contributed by atoms with van der Waals surface area (Å²) in [6, 6.07) is 55.0. The molecule has 0 saturated heterocycles. The molecule has 5 nitrogen and oxygen atoms in total. The van der Waals surface area contributed by atoms with Crippen LogP contribution in [0.1, 0.15) is 75.2 Å². The molecule has 0 saturated carbocycles. The van der Waals surface area contributed by atoms with E-state index in [4.69, 9.17) is 14.7 Å². The molecule has 10 aromatic rings. The molecule has 3 heterocycles. The van der Waals surface area contributed by atoms with Crippen molar-refractivity contribution in [2.24, 2.45) is 0 Å². The third kappa shape index (κ3) is 6.08. The van der Waals surface area contributed by atoms with Gasteiger partial charge in [-0.15, -0.1) is 59.3 Å². The Morgan fingerprint density at radius 2 is 0.857 bits per heavy atom. The summed E-state index contributed by atoms with van der Waals surface area (Å²) in [7, 11) is 0. The van der Waals surface area contributed by atoms with E-state index in [9.17, 15) is 9.59 Å². The molecular weight excluding hydrogens is 956 g/mol. The van der Waals surface area contributed by atoms with Gasteiger partial charge in [-0.3, -0.25) is 19.6 Å². The predicted molar refractivity (Wildman–Crippen MR) is 253 cm³/mol. The molecule has 0 bridgehead atoms. The Morgan fingerprint density at radius 3 is 1.27 bits per heavy atom. The zero-order valence-electron chi connectivity index (χ0n) is 35.8. The molecule has 0 radical (unpaired) electrons. The predicted octanol–water partition coefficient (Wildman–Crippen LogP) is 12.8. The molecule has 0 spiro atoms. The number of rotatable bonds is 2. The molecule has 63 heavy (non-hydrogen) atoms. The minimum atomic E-state index is -1.22. The van der Waals surface area contributed by atoms with Crippen LogP contribution in [0.15, 0.2) is 155 Å². The molecule has 0 fully saturated rings. The van der Waals surface area contributed by atoms with E-state index in [1.165, 1.54) is 0 Å². The second-order valence-electron chi connectivity index (χ2n) is 18.6. The van der Waals surface area contributed by atoms with Crippen LogP contribution >= 0.6 is 0 Å². The number of pyridine rings is 2. The topological polar surface area (TPSA) is 69.2 Å². The fourth-order valence-electron chi connectivity index (χ4n) is 9.62. The first-order valence-electron chi connectivity index (χ1n) is 21.2. The number of ether oxygens (including phenoxy) is 1. The number of benzene rings is 6. The Kier molecular flexibility index (Phi) is 9.33. The van der Waals surface area contributed by atoms with Crippen molar-refractivity contribution < 1.29 is 25.8 Å². The normalized spacial score (nSPS) is 13.5. The second kappa shape index (κ2) is 14.5. The van der Waals surface area contributed by atoms with Gasteiger partial charge in [-0.1, -0.05) is 125 Å². The minimum Gasteiger partial charge on any atom is -0.457 e. The maximum Gasteiger partial charge on any atom is 2.00 e. The summed E-state index contributed by atoms with van der Waals surface area (Å²) in [4.78, 5) is 40.7. The Morgan fingerprint density at radius 1 is 0.460 bits per heavy atom. The van der Waals surface area contributed by atoms with Crippen LogP contribution in [0.4, 0.5) is 0 Å². The van der Waals surface area contributed by atoms with Gasteiger partial charge in [0, 0.05) is 43.7 Å². The van der Waals surface area contributed by atoms with Gasteiger partial charge in [-0.05, 0) is 69.1 Å². The molecule has 1 aliphatic rings. The van der Waals surface area contributed by atoms with Crippen LogP contribution in [-0.2, 0) is 37.3 Å². The summed E-state index contributed by atoms with van der Waals surface area (Å²) in [5.74, 6) is 1.35. The SMILES string of the molecule is CC(C)(C)c1ccc2c(c1)C(c1ccc3c(=O)c4ccccc4c4ccc[c-]c4c3n1)(c1ccc3c(=O)c4ccccc4c4ccc[c-]c4c3n1)c1cc(C(C)(C)C)ccc1O2.[Pt+2]. The number of fused-ring (bicyclic) bond motifs is 12. The summed E-state index contributed by atoms with van der Waals surface area (Å²) >= 11 is 0. The van der Waals surface area contributed by atoms with Gasteiger partial charge in [0.15, 0.2) is 10.9 Å². The van der Waals surface area contributed by atoms with Crippen molar-refractivity contribution in [2.45, 2.75) is 57.8 Å². The summed E-state index contributed by atoms with van der Waals surface area (Å²) in [5.41, 5.74) is 4.50. The largest absolute Gasteiger partial charge is 2.00 e. The van der Waals surface area contributed by atoms with Crippen molar-refractivity contribution in [1.82, 2.24) is 9.97 Å². The molecule has 308 valence electrons. The van der Waals surface area contributed by atoms with Crippen LogP contribution in [-0.4, -0.2) is 9.97 Å². The van der Waals surface area contributed by atoms with Gasteiger partial charge in [0.25, 0.3) is 0 Å². The van der Waals surface area contributed by atoms with Crippen molar-refractivity contribution in [3.8, 4) is 11.5 Å². The van der Waals surface area contributed by atoms with E-state index >= 15 is 0 Å². The van der Waals surface area contributed by atoms with Crippen molar-refractivity contribution in [1.29, 1.82) is 0 Å². The van der Waals surface area contributed by atoms with E-state index < -0.39 is 5.41 Å². The molecule has 11 rings (SSSR count). The molecule has 2 aromatic heterocycles. The van der Waals surface area contributed by atoms with E-state index in [0.717, 1.165) is 54.6 Å². The van der Waals surface area contributed by atoms with Gasteiger partial charge in [-0.2, -0.15) is 0 Å². The first-order valence-corrected chi connectivity index (χ1v) is 21.2. The molecule has 0 atom stereocenters. The quantitative estimate of drug-likeness (QED) is 0.161. The van der Waals surface area contributed by atoms with Gasteiger partial charge < -0.3 is 4.74 Å². The van der Waals surface area contributed by atoms with Crippen LogP contribution in [0.25, 0.3) is 64.9 Å². The molecular formula is C57H42N2O3Pt. The maximum atomic E-state index is 14.7. The van der Waals surface area contributed by atoms with Crippen molar-refractivity contribution in [2.75, 3.05) is 0 Å². The molecule has 0 amide bonds. The van der Waals surface area contributed by atoms with Crippen LogP contribution in [0.3, 0.4) is 0 Å². The number of hydrogen-bond donors (Lipinski definition) is 0. The standard InChI is InChI=1S/C57H42N2O3.Pt/c1-55(2,3)33-23-27-47-45(31-33)57(46-32-34(56(4,5)6)24-28-48(46)62-47,49-29-25-43-51(58-49)39-19-11-7-15-35(39)37-17-9-13-21-41(37)53(43)60)50-30-26-44-52(59-50)40-20-12-8-16-36(40)38-18-10-14-22-42(38)54(44)61;/h7-18,21-32H,1-6H3;/q-2;+2. The van der Waals surface area contributed by atoms with Crippen LogP contribution < -0.4 is 15.6 Å². The van der Waals surface area contributed by atoms with E-state index in [1.54, 1.807) is 0 Å². The van der Waals surface area contributed by atoms with Crippen molar-refractivity contribution in [3.05, 3.63) is 212 Å². The van der Waals surface area contributed by atoms with Gasteiger partial charge in [0.2, 0.25) is 0 Å². The summed E-state index contributed by atoms with van der Waals surface area (Å²) in [6.45, 7) is 13.2. The van der Waals surface area contributed by atoms with Crippen LogP contribution in [0.2, 0.25) is 0 Å². The summed E-state index contributed by atoms with van der Waals surface area (Å²) in [6.07, 6.45) is 0. The van der Waals surface area contributed by atoms with Gasteiger partial charge in [-0.25, -0.2) is 0 Å². The third-order valence-corrected chi connectivity index (χ3v) is 12.9. The number of nitrogens with zero attached hydrogens (tertiary/aromatic N) is 2. The van der Waals surface area contributed by atoms with Crippen LogP contribution in [0, 0.1) is 12.1 Å². The van der Waals surface area contributed by atoms with E-state index in [2.05, 4.69) is 90.1 Å². The Hall–Kier alpha value is -6.55. The molecule has 0 N–H and O–H groups in total. The first-order chi connectivity index (χ1) is 29.8. The van der Waals surface area contributed by atoms with Crippen LogP contribution in [0.5, 0.6) is 11.5 Å². The average Bonchev–Trinajstić information content (AvgIpc) is 3.46. The van der Waals surface area contributed by atoms with Gasteiger partial charge in [0.1, 0.15) is 16.9 Å². The molecule has 8 aromatic carbocycles. The smallest absolute Gasteiger partial charge is 0.457 e. The maximum absolute atomic E-state index is 14.7. The zero-order chi connectivity index (χ0) is 42.7. The monoisotopic (exact) mass is 997 g/mol. The second-order valence-corrected chi connectivity index (χ2v) is 18.6. The fraction of sp³-hybridized carbons (Fsp3) is 0.158. The van der Waals surface area contributed by atoms with Crippen molar-refractivity contribution in [3.63, 3.8) is 0 Å². The number of hydrogen-bond acceptors (Lipinski definition) is 5. The zero-order valence-corrected chi connectivity index (χ0v) is 38.1. The van der Waals surface area contributed by atoms with E-state index in [-0.39, 0.29) is 42.8 Å². The Labute approximate surface area is 379 Å². The van der Waals surface area contributed by atoms with E-state index in [1.807, 2.05) is 109 Å². The summed E-state index contributed by atoms with van der Waals surface area (Å²) in [5, 5.41) is 7.21. The number of aromatic nitrogens is 2.